The number of rotatable bonds is 3. The molecule has 124 valence electrons. The van der Waals surface area contributed by atoms with Crippen LogP contribution < -0.4 is 0 Å². The molecule has 2 unspecified atom stereocenters. The topological polar surface area (TPSA) is 49.3 Å². The van der Waals surface area contributed by atoms with Crippen LogP contribution in [-0.4, -0.2) is 51.9 Å². The summed E-state index contributed by atoms with van der Waals surface area (Å²) in [6.07, 6.45) is 4.64. The monoisotopic (exact) mass is 326 g/mol. The van der Waals surface area contributed by atoms with E-state index < -0.39 is 0 Å². The Kier molecular flexibility index (Phi) is 3.98. The highest BCUT2D eigenvalue weighted by Gasteiger charge is 2.41. The first-order valence-corrected chi connectivity index (χ1v) is 8.21. The average Bonchev–Trinajstić information content (AvgIpc) is 3.13. The molecule has 6 heteroatoms. The summed E-state index contributed by atoms with van der Waals surface area (Å²) < 4.78 is 13.3. The highest BCUT2D eigenvalue weighted by atomic mass is 19.1. The summed E-state index contributed by atoms with van der Waals surface area (Å²) in [5.41, 5.74) is 1.41. The molecule has 1 aromatic heterocycles. The first-order chi connectivity index (χ1) is 11.7. The van der Waals surface area contributed by atoms with Crippen LogP contribution in [0.25, 0.3) is 0 Å². The van der Waals surface area contributed by atoms with Gasteiger partial charge in [0.2, 0.25) is 0 Å². The van der Waals surface area contributed by atoms with Gasteiger partial charge in [-0.05, 0) is 29.5 Å². The Morgan fingerprint density at radius 1 is 1.17 bits per heavy atom. The van der Waals surface area contributed by atoms with Crippen molar-refractivity contribution >= 4 is 5.91 Å². The fourth-order valence-electron chi connectivity index (χ4n) is 3.85. The van der Waals surface area contributed by atoms with Crippen molar-refractivity contribution in [3.63, 3.8) is 0 Å². The van der Waals surface area contributed by atoms with Gasteiger partial charge in [-0.1, -0.05) is 12.1 Å². The van der Waals surface area contributed by atoms with E-state index >= 15 is 0 Å². The molecule has 0 aliphatic carbocycles. The molecule has 2 atom stereocenters. The molecule has 4 rings (SSSR count). The minimum Gasteiger partial charge on any atom is -0.337 e. The summed E-state index contributed by atoms with van der Waals surface area (Å²) in [5, 5.41) is 0. The lowest BCUT2D eigenvalue weighted by molar-refractivity contribution is 0.0767. The Morgan fingerprint density at radius 2 is 1.96 bits per heavy atom. The number of hydrogen-bond donors (Lipinski definition) is 0. The minimum atomic E-state index is -0.187. The summed E-state index contributed by atoms with van der Waals surface area (Å²) >= 11 is 0. The largest absolute Gasteiger partial charge is 0.337 e. The van der Waals surface area contributed by atoms with E-state index in [9.17, 15) is 9.18 Å². The van der Waals surface area contributed by atoms with Gasteiger partial charge < -0.3 is 4.90 Å². The van der Waals surface area contributed by atoms with Crippen LogP contribution in [0, 0.1) is 17.7 Å². The van der Waals surface area contributed by atoms with E-state index in [1.54, 1.807) is 24.5 Å². The van der Waals surface area contributed by atoms with E-state index in [-0.39, 0.29) is 11.7 Å². The summed E-state index contributed by atoms with van der Waals surface area (Å²) in [5.74, 6) is 0.750. The number of halogens is 1. The normalized spacial score (nSPS) is 23.5. The predicted molar refractivity (Wildman–Crippen MR) is 86.6 cm³/mol. The number of fused-ring (bicyclic) bond motifs is 1. The standard InChI is InChI=1S/C18H19FN4O/c19-16-3-1-2-13(6-16)8-22-9-14-11-23(12-15(14)10-22)18(24)17-7-20-4-5-21-17/h1-7,14-15H,8-12H2. The number of nitrogens with zero attached hydrogens (tertiary/aromatic N) is 4. The number of carbonyl (C=O) groups is 1. The molecule has 1 amide bonds. The molecular weight excluding hydrogens is 307 g/mol. The molecular formula is C18H19FN4O. The SMILES string of the molecule is O=C(c1cnccn1)N1CC2CN(Cc3cccc(F)c3)CC2C1. The second-order valence-corrected chi connectivity index (χ2v) is 6.64. The Balaban J connectivity index is 1.36. The van der Waals surface area contributed by atoms with Gasteiger partial charge >= 0.3 is 0 Å². The van der Waals surface area contributed by atoms with E-state index in [1.807, 2.05) is 11.0 Å². The molecule has 0 bridgehead atoms. The summed E-state index contributed by atoms with van der Waals surface area (Å²) in [6.45, 7) is 4.19. The molecule has 0 spiro atoms. The number of aromatic nitrogens is 2. The Bertz CT molecular complexity index is 725. The maximum Gasteiger partial charge on any atom is 0.274 e. The van der Waals surface area contributed by atoms with Gasteiger partial charge in [0.15, 0.2) is 0 Å². The van der Waals surface area contributed by atoms with Crippen molar-refractivity contribution in [2.75, 3.05) is 26.2 Å². The van der Waals surface area contributed by atoms with Gasteiger partial charge in [-0.2, -0.15) is 0 Å². The van der Waals surface area contributed by atoms with Crippen LogP contribution >= 0.6 is 0 Å². The molecule has 3 heterocycles. The summed E-state index contributed by atoms with van der Waals surface area (Å²) in [7, 11) is 0. The van der Waals surface area contributed by atoms with E-state index in [0.717, 1.165) is 38.3 Å². The minimum absolute atomic E-state index is 0.0332. The van der Waals surface area contributed by atoms with Gasteiger partial charge in [0, 0.05) is 45.1 Å². The molecule has 2 aliphatic heterocycles. The lowest BCUT2D eigenvalue weighted by Gasteiger charge is -2.21. The highest BCUT2D eigenvalue weighted by molar-refractivity contribution is 5.92. The van der Waals surface area contributed by atoms with Crippen LogP contribution in [0.15, 0.2) is 42.9 Å². The lowest BCUT2D eigenvalue weighted by Crippen LogP contribution is -2.33. The second kappa shape index (κ2) is 6.28. The average molecular weight is 326 g/mol. The number of benzene rings is 1. The molecule has 2 aliphatic rings. The van der Waals surface area contributed by atoms with E-state index in [4.69, 9.17) is 0 Å². The van der Waals surface area contributed by atoms with Crippen LogP contribution in [0.4, 0.5) is 4.39 Å². The van der Waals surface area contributed by atoms with Crippen molar-refractivity contribution in [1.82, 2.24) is 19.8 Å². The van der Waals surface area contributed by atoms with Crippen molar-refractivity contribution in [2.24, 2.45) is 11.8 Å². The third-order valence-electron chi connectivity index (χ3n) is 4.93. The molecule has 2 saturated heterocycles. The summed E-state index contributed by atoms with van der Waals surface area (Å²) in [4.78, 5) is 24.8. The Morgan fingerprint density at radius 3 is 2.62 bits per heavy atom. The van der Waals surface area contributed by atoms with Crippen LogP contribution in [-0.2, 0) is 6.54 Å². The molecule has 2 fully saturated rings. The van der Waals surface area contributed by atoms with Gasteiger partial charge in [0.25, 0.3) is 5.91 Å². The number of hydrogen-bond acceptors (Lipinski definition) is 4. The quantitative estimate of drug-likeness (QED) is 0.863. The molecule has 2 aromatic rings. The Labute approximate surface area is 140 Å². The smallest absolute Gasteiger partial charge is 0.274 e. The fourth-order valence-corrected chi connectivity index (χ4v) is 3.85. The van der Waals surface area contributed by atoms with Gasteiger partial charge in [-0.15, -0.1) is 0 Å². The Hall–Kier alpha value is -2.34. The van der Waals surface area contributed by atoms with Crippen molar-refractivity contribution in [2.45, 2.75) is 6.54 Å². The molecule has 24 heavy (non-hydrogen) atoms. The van der Waals surface area contributed by atoms with Crippen LogP contribution in [0.2, 0.25) is 0 Å². The lowest BCUT2D eigenvalue weighted by atomic mass is 10.0. The van der Waals surface area contributed by atoms with Gasteiger partial charge in [0.1, 0.15) is 11.5 Å². The van der Waals surface area contributed by atoms with E-state index in [0.29, 0.717) is 17.5 Å². The maximum absolute atomic E-state index is 13.3. The first kappa shape index (κ1) is 15.2. The van der Waals surface area contributed by atoms with Crippen LogP contribution in [0.3, 0.4) is 0 Å². The zero-order chi connectivity index (χ0) is 16.5. The fraction of sp³-hybridized carbons (Fsp3) is 0.389. The maximum atomic E-state index is 13.3. The zero-order valence-corrected chi connectivity index (χ0v) is 13.3. The molecule has 1 aromatic carbocycles. The molecule has 0 N–H and O–H groups in total. The second-order valence-electron chi connectivity index (χ2n) is 6.64. The van der Waals surface area contributed by atoms with Gasteiger partial charge in [0.05, 0.1) is 6.20 Å². The molecule has 0 saturated carbocycles. The molecule has 0 radical (unpaired) electrons. The van der Waals surface area contributed by atoms with Crippen molar-refractivity contribution < 1.29 is 9.18 Å². The van der Waals surface area contributed by atoms with Crippen LogP contribution in [0.5, 0.6) is 0 Å². The number of amides is 1. The van der Waals surface area contributed by atoms with E-state index in [2.05, 4.69) is 14.9 Å². The third kappa shape index (κ3) is 3.01. The highest BCUT2D eigenvalue weighted by Crippen LogP contribution is 2.32. The van der Waals surface area contributed by atoms with Crippen LogP contribution in [0.1, 0.15) is 16.1 Å². The molecule has 5 nitrogen and oxygen atoms in total. The van der Waals surface area contributed by atoms with Crippen molar-refractivity contribution in [3.8, 4) is 0 Å². The first-order valence-electron chi connectivity index (χ1n) is 8.21. The van der Waals surface area contributed by atoms with Crippen molar-refractivity contribution in [3.05, 3.63) is 59.9 Å². The van der Waals surface area contributed by atoms with Gasteiger partial charge in [-0.3, -0.25) is 14.7 Å². The van der Waals surface area contributed by atoms with Gasteiger partial charge in [-0.25, -0.2) is 9.37 Å². The van der Waals surface area contributed by atoms with Crippen molar-refractivity contribution in [1.29, 1.82) is 0 Å². The zero-order valence-electron chi connectivity index (χ0n) is 13.3. The van der Waals surface area contributed by atoms with E-state index in [1.165, 1.54) is 12.3 Å². The summed E-state index contributed by atoms with van der Waals surface area (Å²) in [6, 6.07) is 6.78. The number of likely N-dealkylation sites (tertiary alicyclic amines) is 2. The third-order valence-corrected chi connectivity index (χ3v) is 4.93. The number of carbonyl (C=O) groups excluding carboxylic acids is 1. The predicted octanol–water partition coefficient (Wildman–Crippen LogP) is 1.82.